The van der Waals surface area contributed by atoms with Crippen LogP contribution in [0.25, 0.3) is 0 Å². The van der Waals surface area contributed by atoms with Crippen LogP contribution >= 0.6 is 0 Å². The molecule has 0 bridgehead atoms. The van der Waals surface area contributed by atoms with Gasteiger partial charge in [0.1, 0.15) is 17.3 Å². The van der Waals surface area contributed by atoms with Gasteiger partial charge < -0.3 is 9.47 Å². The third kappa shape index (κ3) is 2.97. The van der Waals surface area contributed by atoms with E-state index in [1.165, 1.54) is 6.07 Å². The van der Waals surface area contributed by atoms with Gasteiger partial charge in [-0.15, -0.1) is 13.2 Å². The SMILES string of the molecule is COc1c(C(F)F)ncc(OC(F)(F)F)c1C#N. The predicted octanol–water partition coefficient (Wildman–Crippen LogP) is 2.80. The number of ether oxygens (including phenoxy) is 2. The highest BCUT2D eigenvalue weighted by Gasteiger charge is 2.34. The number of halogens is 5. The molecule has 1 rings (SSSR count). The van der Waals surface area contributed by atoms with Gasteiger partial charge in [0.25, 0.3) is 6.43 Å². The minimum atomic E-state index is -5.06. The summed E-state index contributed by atoms with van der Waals surface area (Å²) in [5.41, 5.74) is -1.72. The number of alkyl halides is 5. The van der Waals surface area contributed by atoms with Crippen molar-refractivity contribution in [1.29, 1.82) is 5.26 Å². The molecule has 18 heavy (non-hydrogen) atoms. The third-order valence-electron chi connectivity index (χ3n) is 1.78. The normalized spacial score (nSPS) is 11.2. The van der Waals surface area contributed by atoms with Crippen molar-refractivity contribution in [3.63, 3.8) is 0 Å². The zero-order valence-corrected chi connectivity index (χ0v) is 8.76. The van der Waals surface area contributed by atoms with E-state index in [-0.39, 0.29) is 0 Å². The van der Waals surface area contributed by atoms with Crippen molar-refractivity contribution < 1.29 is 31.4 Å². The van der Waals surface area contributed by atoms with Gasteiger partial charge in [-0.05, 0) is 0 Å². The Morgan fingerprint density at radius 3 is 2.39 bits per heavy atom. The van der Waals surface area contributed by atoms with Crippen LogP contribution in [0.15, 0.2) is 6.20 Å². The Morgan fingerprint density at radius 2 is 2.00 bits per heavy atom. The lowest BCUT2D eigenvalue weighted by Crippen LogP contribution is -2.18. The van der Waals surface area contributed by atoms with E-state index in [1.54, 1.807) is 0 Å². The van der Waals surface area contributed by atoms with Crippen LogP contribution in [0.5, 0.6) is 11.5 Å². The fourth-order valence-corrected chi connectivity index (χ4v) is 1.16. The number of hydrogen-bond acceptors (Lipinski definition) is 4. The first kappa shape index (κ1) is 14.0. The Bertz CT molecular complexity index is 481. The first-order valence-corrected chi connectivity index (χ1v) is 4.31. The molecule has 9 heteroatoms. The second-order valence-electron chi connectivity index (χ2n) is 2.88. The number of aromatic nitrogens is 1. The maximum absolute atomic E-state index is 12.5. The molecule has 0 atom stereocenters. The van der Waals surface area contributed by atoms with Crippen molar-refractivity contribution in [3.05, 3.63) is 17.5 Å². The van der Waals surface area contributed by atoms with Crippen molar-refractivity contribution in [2.75, 3.05) is 7.11 Å². The molecule has 1 heterocycles. The van der Waals surface area contributed by atoms with E-state index in [0.29, 0.717) is 6.20 Å². The van der Waals surface area contributed by atoms with Crippen molar-refractivity contribution in [1.82, 2.24) is 4.98 Å². The molecule has 0 aliphatic heterocycles. The summed E-state index contributed by atoms with van der Waals surface area (Å²) in [7, 11) is 0.932. The lowest BCUT2D eigenvalue weighted by atomic mass is 10.2. The van der Waals surface area contributed by atoms with Gasteiger partial charge >= 0.3 is 6.36 Å². The molecule has 0 aromatic carbocycles. The molecule has 0 aliphatic carbocycles. The molecule has 0 spiro atoms. The van der Waals surface area contributed by atoms with Crippen LogP contribution in [-0.4, -0.2) is 18.5 Å². The van der Waals surface area contributed by atoms with Gasteiger partial charge in [0.15, 0.2) is 11.5 Å². The minimum Gasteiger partial charge on any atom is -0.493 e. The fraction of sp³-hybridized carbons (Fsp3) is 0.333. The molecule has 0 radical (unpaired) electrons. The molecule has 0 saturated carbocycles. The van der Waals surface area contributed by atoms with Crippen LogP contribution < -0.4 is 9.47 Å². The van der Waals surface area contributed by atoms with E-state index in [1.807, 2.05) is 0 Å². The van der Waals surface area contributed by atoms with Gasteiger partial charge in [-0.2, -0.15) is 5.26 Å². The Labute approximate surface area is 97.6 Å². The number of hydrogen-bond donors (Lipinski definition) is 0. The van der Waals surface area contributed by atoms with Gasteiger partial charge in [0, 0.05) is 0 Å². The maximum atomic E-state index is 12.5. The first-order valence-electron chi connectivity index (χ1n) is 4.31. The van der Waals surface area contributed by atoms with Crippen molar-refractivity contribution in [2.24, 2.45) is 0 Å². The van der Waals surface area contributed by atoms with E-state index >= 15 is 0 Å². The third-order valence-corrected chi connectivity index (χ3v) is 1.78. The van der Waals surface area contributed by atoms with Crippen LogP contribution in [0.3, 0.4) is 0 Å². The lowest BCUT2D eigenvalue weighted by molar-refractivity contribution is -0.274. The maximum Gasteiger partial charge on any atom is 0.573 e. The van der Waals surface area contributed by atoms with Gasteiger partial charge in [0.2, 0.25) is 0 Å². The zero-order chi connectivity index (χ0) is 13.9. The highest BCUT2D eigenvalue weighted by molar-refractivity contribution is 5.54. The van der Waals surface area contributed by atoms with Gasteiger partial charge in [-0.3, -0.25) is 0 Å². The molecule has 1 aromatic heterocycles. The molecule has 4 nitrogen and oxygen atoms in total. The molecule has 0 saturated heterocycles. The average molecular weight is 268 g/mol. The lowest BCUT2D eigenvalue weighted by Gasteiger charge is -2.14. The molecule has 98 valence electrons. The number of methoxy groups -OCH3 is 1. The molecule has 0 unspecified atom stereocenters. The summed E-state index contributed by atoms with van der Waals surface area (Å²) in [6.07, 6.45) is -7.76. The number of nitrogens with zero attached hydrogens (tertiary/aromatic N) is 2. The number of pyridine rings is 1. The highest BCUT2D eigenvalue weighted by atomic mass is 19.4. The first-order chi connectivity index (χ1) is 8.30. The van der Waals surface area contributed by atoms with E-state index in [9.17, 15) is 22.0 Å². The monoisotopic (exact) mass is 268 g/mol. The minimum absolute atomic E-state index is 0.399. The largest absolute Gasteiger partial charge is 0.573 e. The summed E-state index contributed by atoms with van der Waals surface area (Å²) < 4.78 is 68.9. The van der Waals surface area contributed by atoms with Crippen LogP contribution in [0, 0.1) is 11.3 Å². The van der Waals surface area contributed by atoms with Crippen LogP contribution in [0.2, 0.25) is 0 Å². The fourth-order valence-electron chi connectivity index (χ4n) is 1.16. The molecule has 1 aromatic rings. The summed E-state index contributed by atoms with van der Waals surface area (Å²) >= 11 is 0. The van der Waals surface area contributed by atoms with E-state index in [0.717, 1.165) is 7.11 Å². The highest BCUT2D eigenvalue weighted by Crippen LogP contribution is 2.36. The summed E-state index contributed by atoms with van der Waals surface area (Å²) in [6, 6.07) is 1.31. The quantitative estimate of drug-likeness (QED) is 0.791. The van der Waals surface area contributed by atoms with E-state index in [2.05, 4.69) is 14.5 Å². The van der Waals surface area contributed by atoms with Crippen LogP contribution in [0.4, 0.5) is 22.0 Å². The number of rotatable bonds is 3. The van der Waals surface area contributed by atoms with Gasteiger partial charge in [-0.25, -0.2) is 13.8 Å². The molecule has 0 N–H and O–H groups in total. The average Bonchev–Trinajstić information content (AvgIpc) is 2.25. The second kappa shape index (κ2) is 5.03. The number of nitriles is 1. The summed E-state index contributed by atoms with van der Waals surface area (Å²) in [4.78, 5) is 3.09. The van der Waals surface area contributed by atoms with Crippen molar-refractivity contribution >= 4 is 0 Å². The second-order valence-corrected chi connectivity index (χ2v) is 2.88. The van der Waals surface area contributed by atoms with Gasteiger partial charge in [-0.1, -0.05) is 0 Å². The standard InChI is InChI=1S/C9H5F5N2O2/c1-17-7-4(2-15)5(18-9(12,13)14)3-16-6(7)8(10)11/h3,8H,1H3. The topological polar surface area (TPSA) is 55.1 Å². The molecular weight excluding hydrogens is 263 g/mol. The Kier molecular flexibility index (Phi) is 3.90. The van der Waals surface area contributed by atoms with E-state index < -0.39 is 35.5 Å². The smallest absolute Gasteiger partial charge is 0.493 e. The zero-order valence-electron chi connectivity index (χ0n) is 8.76. The van der Waals surface area contributed by atoms with Crippen molar-refractivity contribution in [3.8, 4) is 17.6 Å². The summed E-state index contributed by atoms with van der Waals surface area (Å²) in [6.45, 7) is 0. The van der Waals surface area contributed by atoms with E-state index in [4.69, 9.17) is 5.26 Å². The Morgan fingerprint density at radius 1 is 1.39 bits per heavy atom. The van der Waals surface area contributed by atoms with Crippen LogP contribution in [-0.2, 0) is 0 Å². The van der Waals surface area contributed by atoms with Gasteiger partial charge in [0.05, 0.1) is 13.3 Å². The molecule has 0 amide bonds. The Hall–Kier alpha value is -2.11. The predicted molar refractivity (Wildman–Crippen MR) is 47.1 cm³/mol. The summed E-state index contributed by atoms with van der Waals surface area (Å²) in [5, 5.41) is 8.68. The molecular formula is C9H5F5N2O2. The summed E-state index contributed by atoms with van der Waals surface area (Å²) in [5.74, 6) is -1.74. The van der Waals surface area contributed by atoms with Crippen molar-refractivity contribution in [2.45, 2.75) is 12.8 Å². The van der Waals surface area contributed by atoms with Crippen LogP contribution in [0.1, 0.15) is 17.7 Å². The Balaban J connectivity index is 3.36. The molecule has 0 aliphatic rings. The molecule has 0 fully saturated rings.